The van der Waals surface area contributed by atoms with Gasteiger partial charge in [0, 0.05) is 31.8 Å². The Hall–Kier alpha value is -1.73. The van der Waals surface area contributed by atoms with Gasteiger partial charge in [-0.05, 0) is 24.8 Å². The fourth-order valence-electron chi connectivity index (χ4n) is 2.28. The average molecular weight is 308 g/mol. The summed E-state index contributed by atoms with van der Waals surface area (Å²) in [5, 5.41) is -0.228. The van der Waals surface area contributed by atoms with Gasteiger partial charge in [-0.2, -0.15) is 0 Å². The Balaban J connectivity index is 1.76. The summed E-state index contributed by atoms with van der Waals surface area (Å²) < 4.78 is 11.0. The zero-order chi connectivity index (χ0) is 14.8. The summed E-state index contributed by atoms with van der Waals surface area (Å²) >= 11 is 0.951. The highest BCUT2D eigenvalue weighted by molar-refractivity contribution is 8.18. The molecule has 0 atom stereocenters. The molecule has 0 bridgehead atoms. The van der Waals surface area contributed by atoms with E-state index in [-0.39, 0.29) is 11.1 Å². The fourth-order valence-corrected chi connectivity index (χ4v) is 3.16. The number of thioether (sulfide) groups is 1. The minimum atomic E-state index is -0.253. The van der Waals surface area contributed by atoms with Gasteiger partial charge in [0.1, 0.15) is 5.76 Å². The topological polar surface area (TPSA) is 63.0 Å². The molecule has 112 valence electrons. The minimum absolute atomic E-state index is 0.228. The molecule has 0 aliphatic carbocycles. The van der Waals surface area contributed by atoms with Crippen LogP contribution in [0.5, 0.6) is 0 Å². The molecule has 0 spiro atoms. The smallest absolute Gasteiger partial charge is 0.293 e. The maximum atomic E-state index is 12.0. The number of morpholine rings is 1. The molecular formula is C14H16N2O4S. The van der Waals surface area contributed by atoms with Crippen molar-refractivity contribution in [2.24, 2.45) is 0 Å². The molecule has 6 nitrogen and oxygen atoms in total. The number of hydrogen-bond donors (Lipinski definition) is 0. The van der Waals surface area contributed by atoms with Crippen LogP contribution in [0.15, 0.2) is 21.5 Å². The van der Waals surface area contributed by atoms with Crippen LogP contribution in [-0.4, -0.2) is 48.9 Å². The van der Waals surface area contributed by atoms with Crippen LogP contribution < -0.4 is 4.90 Å². The first kappa shape index (κ1) is 14.2. The molecule has 2 aliphatic rings. The van der Waals surface area contributed by atoms with Gasteiger partial charge < -0.3 is 14.1 Å². The molecule has 0 unspecified atom stereocenters. The number of nitrogens with zero attached hydrogens (tertiary/aromatic N) is 2. The van der Waals surface area contributed by atoms with Crippen LogP contribution in [0, 0.1) is 0 Å². The minimum Gasteiger partial charge on any atom is -0.441 e. The van der Waals surface area contributed by atoms with E-state index in [1.807, 2.05) is 12.1 Å². The van der Waals surface area contributed by atoms with Gasteiger partial charge in [-0.25, -0.2) is 0 Å². The van der Waals surface area contributed by atoms with Crippen molar-refractivity contribution >= 4 is 34.9 Å². The first-order chi connectivity index (χ1) is 10.2. The molecule has 1 aromatic rings. The zero-order valence-electron chi connectivity index (χ0n) is 11.7. The second-order valence-electron chi connectivity index (χ2n) is 4.70. The van der Waals surface area contributed by atoms with E-state index in [0.29, 0.717) is 30.4 Å². The van der Waals surface area contributed by atoms with Crippen LogP contribution in [0.4, 0.5) is 10.7 Å². The molecule has 2 amide bonds. The number of carbonyl (C=O) groups is 2. The molecule has 0 N–H and O–H groups in total. The quantitative estimate of drug-likeness (QED) is 0.798. The summed E-state index contributed by atoms with van der Waals surface area (Å²) in [6.45, 7) is 5.12. The lowest BCUT2D eigenvalue weighted by atomic mass is 10.3. The van der Waals surface area contributed by atoms with Crippen LogP contribution in [0.3, 0.4) is 0 Å². The van der Waals surface area contributed by atoms with Gasteiger partial charge >= 0.3 is 0 Å². The van der Waals surface area contributed by atoms with Crippen LogP contribution in [0.25, 0.3) is 6.08 Å². The second kappa shape index (κ2) is 5.95. The maximum absolute atomic E-state index is 12.0. The van der Waals surface area contributed by atoms with E-state index in [2.05, 4.69) is 4.90 Å². The summed E-state index contributed by atoms with van der Waals surface area (Å²) in [5.74, 6) is 1.09. The predicted molar refractivity (Wildman–Crippen MR) is 80.1 cm³/mol. The summed E-state index contributed by atoms with van der Waals surface area (Å²) in [6, 6.07) is 3.69. The number of rotatable bonds is 3. The van der Waals surface area contributed by atoms with Gasteiger partial charge in [-0.3, -0.25) is 14.5 Å². The van der Waals surface area contributed by atoms with Gasteiger partial charge in [0.05, 0.1) is 18.1 Å². The lowest BCUT2D eigenvalue weighted by Crippen LogP contribution is -2.35. The highest BCUT2D eigenvalue weighted by Crippen LogP contribution is 2.32. The Morgan fingerprint density at radius 2 is 2.05 bits per heavy atom. The molecule has 0 saturated carbocycles. The fraction of sp³-hybridized carbons (Fsp3) is 0.429. The summed E-state index contributed by atoms with van der Waals surface area (Å²) in [5.41, 5.74) is 0. The molecule has 1 aromatic heterocycles. The van der Waals surface area contributed by atoms with Crippen LogP contribution in [0.1, 0.15) is 12.7 Å². The molecule has 21 heavy (non-hydrogen) atoms. The lowest BCUT2D eigenvalue weighted by Gasteiger charge is -2.26. The molecule has 2 saturated heterocycles. The Morgan fingerprint density at radius 1 is 1.29 bits per heavy atom. The van der Waals surface area contributed by atoms with Crippen molar-refractivity contribution in [2.45, 2.75) is 6.92 Å². The Labute approximate surface area is 126 Å². The Bertz CT molecular complexity index is 590. The number of likely N-dealkylation sites (N-methyl/N-ethyl adjacent to an activating group) is 1. The van der Waals surface area contributed by atoms with E-state index >= 15 is 0 Å². The SMILES string of the molecule is CCN1C(=O)S/C(=C/c2ccc(N3CCOCC3)o2)C1=O. The van der Waals surface area contributed by atoms with Gasteiger partial charge in [0.15, 0.2) is 5.88 Å². The molecule has 3 heterocycles. The number of hydrogen-bond acceptors (Lipinski definition) is 6. The molecular weight excluding hydrogens is 292 g/mol. The molecule has 3 rings (SSSR count). The number of amides is 2. The predicted octanol–water partition coefficient (Wildman–Crippen LogP) is 2.17. The first-order valence-corrected chi connectivity index (χ1v) is 7.68. The standard InChI is InChI=1S/C14H16N2O4S/c1-2-16-13(17)11(21-14(16)18)9-10-3-4-12(20-10)15-5-7-19-8-6-15/h3-4,9H,2,5-8H2,1H3/b11-9+. The summed E-state index contributed by atoms with van der Waals surface area (Å²) in [4.78, 5) is 27.4. The number of carbonyl (C=O) groups excluding carboxylic acids is 2. The number of anilines is 1. The second-order valence-corrected chi connectivity index (χ2v) is 5.69. The van der Waals surface area contributed by atoms with E-state index < -0.39 is 0 Å². The first-order valence-electron chi connectivity index (χ1n) is 6.87. The lowest BCUT2D eigenvalue weighted by molar-refractivity contribution is -0.122. The Morgan fingerprint density at radius 3 is 2.71 bits per heavy atom. The van der Waals surface area contributed by atoms with Crippen LogP contribution in [0.2, 0.25) is 0 Å². The van der Waals surface area contributed by atoms with Gasteiger partial charge in [0.25, 0.3) is 11.1 Å². The van der Waals surface area contributed by atoms with Crippen molar-refractivity contribution in [2.75, 3.05) is 37.7 Å². The molecule has 0 radical (unpaired) electrons. The van der Waals surface area contributed by atoms with Crippen molar-refractivity contribution in [1.29, 1.82) is 0 Å². The van der Waals surface area contributed by atoms with Crippen LogP contribution in [-0.2, 0) is 9.53 Å². The molecule has 0 aromatic carbocycles. The Kier molecular flexibility index (Phi) is 4.03. The summed E-state index contributed by atoms with van der Waals surface area (Å²) in [6.07, 6.45) is 1.63. The monoisotopic (exact) mass is 308 g/mol. The highest BCUT2D eigenvalue weighted by Gasteiger charge is 2.33. The number of ether oxygens (including phenoxy) is 1. The molecule has 7 heteroatoms. The molecule has 2 fully saturated rings. The van der Waals surface area contributed by atoms with E-state index in [1.54, 1.807) is 13.0 Å². The van der Waals surface area contributed by atoms with Crippen molar-refractivity contribution in [1.82, 2.24) is 4.90 Å². The third-order valence-electron chi connectivity index (χ3n) is 3.40. The third kappa shape index (κ3) is 2.84. The van der Waals surface area contributed by atoms with Gasteiger partial charge in [0.2, 0.25) is 0 Å². The van der Waals surface area contributed by atoms with Crippen molar-refractivity contribution < 1.29 is 18.7 Å². The van der Waals surface area contributed by atoms with E-state index in [9.17, 15) is 9.59 Å². The average Bonchev–Trinajstić information content (AvgIpc) is 3.06. The van der Waals surface area contributed by atoms with E-state index in [1.165, 1.54) is 4.90 Å². The van der Waals surface area contributed by atoms with Crippen molar-refractivity contribution in [3.63, 3.8) is 0 Å². The highest BCUT2D eigenvalue weighted by atomic mass is 32.2. The third-order valence-corrected chi connectivity index (χ3v) is 4.31. The maximum Gasteiger partial charge on any atom is 0.293 e. The zero-order valence-corrected chi connectivity index (χ0v) is 12.5. The van der Waals surface area contributed by atoms with E-state index in [4.69, 9.17) is 9.15 Å². The van der Waals surface area contributed by atoms with Crippen LogP contribution >= 0.6 is 11.8 Å². The number of furan rings is 1. The summed E-state index contributed by atoms with van der Waals surface area (Å²) in [7, 11) is 0. The number of imide groups is 1. The van der Waals surface area contributed by atoms with Crippen molar-refractivity contribution in [3.05, 3.63) is 22.8 Å². The van der Waals surface area contributed by atoms with Gasteiger partial charge in [-0.15, -0.1) is 0 Å². The van der Waals surface area contributed by atoms with Crippen molar-refractivity contribution in [3.8, 4) is 0 Å². The normalized spacial score (nSPS) is 21.7. The van der Waals surface area contributed by atoms with E-state index in [0.717, 1.165) is 30.7 Å². The molecule has 2 aliphatic heterocycles. The van der Waals surface area contributed by atoms with Gasteiger partial charge in [-0.1, -0.05) is 0 Å². The largest absolute Gasteiger partial charge is 0.441 e.